The number of ketones is 1. The molecule has 29 heavy (non-hydrogen) atoms. The highest BCUT2D eigenvalue weighted by Crippen LogP contribution is 2.34. The molecular weight excluding hydrogens is 380 g/mol. The topological polar surface area (TPSA) is 63.7 Å². The first-order chi connectivity index (χ1) is 13.7. The Kier molecular flexibility index (Phi) is 10.6. The molecule has 0 aliphatic carbocycles. The smallest absolute Gasteiger partial charge is 0.327 e. The van der Waals surface area contributed by atoms with E-state index in [0.29, 0.717) is 32.1 Å². The summed E-state index contributed by atoms with van der Waals surface area (Å²) in [5.74, 6) is 0.454. The van der Waals surface area contributed by atoms with Crippen LogP contribution in [0.5, 0.6) is 0 Å². The number of likely N-dealkylation sites (tertiary alicyclic amines) is 1. The van der Waals surface area contributed by atoms with Crippen LogP contribution >= 0.6 is 0 Å². The number of hydrogen-bond acceptors (Lipinski definition) is 4. The van der Waals surface area contributed by atoms with Gasteiger partial charge in [0.2, 0.25) is 0 Å². The summed E-state index contributed by atoms with van der Waals surface area (Å²) in [5.41, 5.74) is 0. The molecule has 0 aromatic rings. The first-order valence-electron chi connectivity index (χ1n) is 10.2. The van der Waals surface area contributed by atoms with E-state index in [9.17, 15) is 23.2 Å². The van der Waals surface area contributed by atoms with Crippen molar-refractivity contribution in [2.75, 3.05) is 13.7 Å². The predicted molar refractivity (Wildman–Crippen MR) is 106 cm³/mol. The summed E-state index contributed by atoms with van der Waals surface area (Å²) in [5, 5.41) is 0. The van der Waals surface area contributed by atoms with Gasteiger partial charge in [-0.2, -0.15) is 8.78 Å². The van der Waals surface area contributed by atoms with Crippen molar-refractivity contribution in [1.82, 2.24) is 4.90 Å². The summed E-state index contributed by atoms with van der Waals surface area (Å²) >= 11 is 0. The van der Waals surface area contributed by atoms with Gasteiger partial charge in [0.1, 0.15) is 0 Å². The molecule has 0 saturated carbocycles. The van der Waals surface area contributed by atoms with Gasteiger partial charge >= 0.3 is 11.9 Å². The van der Waals surface area contributed by atoms with E-state index >= 15 is 0 Å². The van der Waals surface area contributed by atoms with E-state index < -0.39 is 24.3 Å². The lowest BCUT2D eigenvalue weighted by Crippen LogP contribution is -2.36. The Morgan fingerprint density at radius 2 is 1.97 bits per heavy atom. The second-order valence-corrected chi connectivity index (χ2v) is 7.29. The fraction of sp³-hybridized carbons (Fsp3) is 0.682. The standard InChI is InChI=1S/C22H31F2NO4/c1-4-5-8-11-17(2)19(26)14-13-18-16-22(23,24)21(28)25(18)15-10-7-6-9-12-20(27)29-3/h13-14,17-18H,4,6-7,9-12,15-16H2,1-3H3/b14-13+/t17-,18-/m0/s1. The number of alkyl halides is 2. The highest BCUT2D eigenvalue weighted by molar-refractivity contribution is 5.92. The van der Waals surface area contributed by atoms with Crippen molar-refractivity contribution in [3.8, 4) is 11.8 Å². The minimum absolute atomic E-state index is 0.180. The predicted octanol–water partition coefficient (Wildman–Crippen LogP) is 3.91. The lowest BCUT2D eigenvalue weighted by Gasteiger charge is -2.21. The number of carbonyl (C=O) groups is 3. The second kappa shape index (κ2) is 12.4. The Balaban J connectivity index is 2.57. The monoisotopic (exact) mass is 411 g/mol. The van der Waals surface area contributed by atoms with Crippen molar-refractivity contribution in [2.45, 2.75) is 77.2 Å². The highest BCUT2D eigenvalue weighted by Gasteiger charge is 2.52. The van der Waals surface area contributed by atoms with Crippen molar-refractivity contribution in [3.05, 3.63) is 12.2 Å². The zero-order valence-electron chi connectivity index (χ0n) is 17.5. The van der Waals surface area contributed by atoms with E-state index in [1.54, 1.807) is 6.92 Å². The maximum Gasteiger partial charge on any atom is 0.327 e. The van der Waals surface area contributed by atoms with Gasteiger partial charge in [0.15, 0.2) is 5.78 Å². The van der Waals surface area contributed by atoms with Gasteiger partial charge in [-0.15, -0.1) is 11.8 Å². The lowest BCUT2D eigenvalue weighted by molar-refractivity contribution is -0.148. The van der Waals surface area contributed by atoms with Crippen molar-refractivity contribution < 1.29 is 27.9 Å². The molecule has 0 bridgehead atoms. The number of hydrogen-bond donors (Lipinski definition) is 0. The second-order valence-electron chi connectivity index (χ2n) is 7.29. The molecular formula is C22H31F2NO4. The number of rotatable bonds is 11. The van der Waals surface area contributed by atoms with Crippen LogP contribution in [-0.2, 0) is 19.1 Å². The van der Waals surface area contributed by atoms with Crippen LogP contribution in [0, 0.1) is 17.8 Å². The van der Waals surface area contributed by atoms with Gasteiger partial charge in [-0.25, -0.2) is 0 Å². The molecule has 5 nitrogen and oxygen atoms in total. The molecule has 2 atom stereocenters. The van der Waals surface area contributed by atoms with Crippen LogP contribution in [0.15, 0.2) is 12.2 Å². The van der Waals surface area contributed by atoms with E-state index in [-0.39, 0.29) is 24.2 Å². The van der Waals surface area contributed by atoms with Crippen molar-refractivity contribution in [3.63, 3.8) is 0 Å². The maximum atomic E-state index is 13.9. The molecule has 1 amide bonds. The number of unbranched alkanes of at least 4 members (excludes halogenated alkanes) is 3. The lowest BCUT2D eigenvalue weighted by atomic mass is 10.0. The molecule has 0 spiro atoms. The van der Waals surface area contributed by atoms with E-state index in [4.69, 9.17) is 0 Å². The number of methoxy groups -OCH3 is 1. The third-order valence-corrected chi connectivity index (χ3v) is 4.88. The molecule has 1 aliphatic rings. The molecule has 1 aliphatic heterocycles. The molecule has 7 heteroatoms. The van der Waals surface area contributed by atoms with Gasteiger partial charge in [-0.05, 0) is 18.9 Å². The number of nitrogens with zero attached hydrogens (tertiary/aromatic N) is 1. The van der Waals surface area contributed by atoms with Gasteiger partial charge in [-0.1, -0.05) is 32.8 Å². The normalized spacial score (nSPS) is 19.1. The van der Waals surface area contributed by atoms with Crippen molar-refractivity contribution in [2.24, 2.45) is 5.92 Å². The summed E-state index contributed by atoms with van der Waals surface area (Å²) in [6.45, 7) is 3.87. The fourth-order valence-electron chi connectivity index (χ4n) is 3.09. The number of amides is 1. The van der Waals surface area contributed by atoms with Crippen LogP contribution in [0.4, 0.5) is 8.78 Å². The molecule has 1 saturated heterocycles. The van der Waals surface area contributed by atoms with E-state index in [0.717, 1.165) is 17.7 Å². The van der Waals surface area contributed by atoms with Crippen molar-refractivity contribution in [1.29, 1.82) is 0 Å². The minimum atomic E-state index is -3.40. The summed E-state index contributed by atoms with van der Waals surface area (Å²) in [6.07, 6.45) is 6.27. The number of allylic oxidation sites excluding steroid dienone is 1. The average Bonchev–Trinajstić information content (AvgIpc) is 2.91. The zero-order valence-corrected chi connectivity index (χ0v) is 17.5. The number of esters is 1. The van der Waals surface area contributed by atoms with Gasteiger partial charge in [0.05, 0.1) is 13.2 Å². The molecule has 1 fully saturated rings. The molecule has 1 heterocycles. The third-order valence-electron chi connectivity index (χ3n) is 4.88. The largest absolute Gasteiger partial charge is 0.469 e. The molecule has 0 N–H and O–H groups in total. The zero-order chi connectivity index (χ0) is 21.9. The van der Waals surface area contributed by atoms with E-state index in [1.807, 2.05) is 6.92 Å². The Labute approximate surface area is 171 Å². The molecule has 0 aromatic heterocycles. The Bertz CT molecular complexity index is 663. The van der Waals surface area contributed by atoms with E-state index in [2.05, 4.69) is 16.6 Å². The van der Waals surface area contributed by atoms with Crippen LogP contribution in [0.1, 0.15) is 65.2 Å². The van der Waals surface area contributed by atoms with Gasteiger partial charge in [-0.3, -0.25) is 14.4 Å². The molecule has 0 aromatic carbocycles. The third kappa shape index (κ3) is 8.35. The summed E-state index contributed by atoms with van der Waals surface area (Å²) < 4.78 is 32.4. The van der Waals surface area contributed by atoms with E-state index in [1.165, 1.54) is 19.3 Å². The number of halogens is 2. The Morgan fingerprint density at radius 3 is 2.62 bits per heavy atom. The quantitative estimate of drug-likeness (QED) is 0.224. The highest BCUT2D eigenvalue weighted by atomic mass is 19.3. The van der Waals surface area contributed by atoms with Gasteiger partial charge < -0.3 is 9.64 Å². The minimum Gasteiger partial charge on any atom is -0.469 e. The summed E-state index contributed by atoms with van der Waals surface area (Å²) in [7, 11) is 1.33. The van der Waals surface area contributed by atoms with Crippen LogP contribution in [0.3, 0.4) is 0 Å². The maximum absolute atomic E-state index is 13.9. The first-order valence-corrected chi connectivity index (χ1v) is 10.2. The summed E-state index contributed by atoms with van der Waals surface area (Å²) in [4.78, 5) is 36.4. The molecule has 1 rings (SSSR count). The van der Waals surface area contributed by atoms with Crippen LogP contribution in [0.2, 0.25) is 0 Å². The van der Waals surface area contributed by atoms with Crippen LogP contribution < -0.4 is 0 Å². The van der Waals surface area contributed by atoms with Crippen LogP contribution in [0.25, 0.3) is 0 Å². The van der Waals surface area contributed by atoms with Crippen LogP contribution in [-0.4, -0.2) is 48.2 Å². The molecule has 0 unspecified atom stereocenters. The average molecular weight is 411 g/mol. The SMILES string of the molecule is CCC#CC[C@H](C)C(=O)/C=C/[C@H]1CC(F)(F)C(=O)N1CCCCCCC(=O)OC. The number of carbonyl (C=O) groups excluding carboxylic acids is 3. The Morgan fingerprint density at radius 1 is 1.28 bits per heavy atom. The van der Waals surface area contributed by atoms with Crippen molar-refractivity contribution >= 4 is 17.7 Å². The fourth-order valence-corrected chi connectivity index (χ4v) is 3.09. The Hall–Kier alpha value is -2.23. The molecule has 162 valence electrons. The first kappa shape index (κ1) is 24.8. The van der Waals surface area contributed by atoms with Gasteiger partial charge in [0, 0.05) is 38.1 Å². The van der Waals surface area contributed by atoms with Gasteiger partial charge in [0.25, 0.3) is 5.91 Å². The summed E-state index contributed by atoms with van der Waals surface area (Å²) in [6, 6.07) is -0.787. The number of ether oxygens (including phenoxy) is 1. The molecule has 0 radical (unpaired) electrons.